The number of carboxylic acids is 1. The maximum Gasteiger partial charge on any atom is 0.306 e. The zero-order valence-electron chi connectivity index (χ0n) is 22.0. The lowest BCUT2D eigenvalue weighted by Gasteiger charge is -2.61. The topological polar surface area (TPSA) is 57.5 Å². The third kappa shape index (κ3) is 3.51. The van der Waals surface area contributed by atoms with Gasteiger partial charge in [0.25, 0.3) is 0 Å². The minimum absolute atomic E-state index is 0.0245. The van der Waals surface area contributed by atoms with Crippen LogP contribution in [0.2, 0.25) is 0 Å². The van der Waals surface area contributed by atoms with E-state index in [1.54, 1.807) is 0 Å². The van der Waals surface area contributed by atoms with Gasteiger partial charge in [-0.15, -0.1) is 0 Å². The van der Waals surface area contributed by atoms with Crippen LogP contribution in [0.5, 0.6) is 0 Å². The van der Waals surface area contributed by atoms with E-state index < -0.39 is 5.97 Å². The van der Waals surface area contributed by atoms with E-state index in [9.17, 15) is 15.0 Å². The molecular formula is C30H46O3. The standard InChI is InChI=1S/C30H46O3/c1-19(2)9-8-10-20(26(32)33)21-13-17-30(7)23-11-12-24-27(3,4)25(31)15-16-28(24,5)22(23)14-18-29(21,30)6/h9,11,14,20-21,24-25,31H,8,10,12-13,15-18H2,1-7H3,(H,32,33)/t20?,21-,24?,25+,28-,29-,30+/m1/s1. The van der Waals surface area contributed by atoms with Crippen molar-refractivity contribution in [2.75, 3.05) is 0 Å². The van der Waals surface area contributed by atoms with Crippen molar-refractivity contribution in [1.29, 1.82) is 0 Å². The first kappa shape index (κ1) is 24.8. The molecule has 33 heavy (non-hydrogen) atoms. The Bertz CT molecular complexity index is 904. The molecule has 0 spiro atoms. The smallest absolute Gasteiger partial charge is 0.306 e. The number of carboxylic acid groups (broad SMARTS) is 1. The maximum absolute atomic E-state index is 12.4. The van der Waals surface area contributed by atoms with Crippen LogP contribution in [0, 0.1) is 39.4 Å². The number of fused-ring (bicyclic) bond motifs is 5. The zero-order valence-corrected chi connectivity index (χ0v) is 22.0. The van der Waals surface area contributed by atoms with Crippen molar-refractivity contribution in [3.63, 3.8) is 0 Å². The predicted molar refractivity (Wildman–Crippen MR) is 135 cm³/mol. The minimum atomic E-state index is -0.616. The number of carbonyl (C=O) groups is 1. The fourth-order valence-corrected chi connectivity index (χ4v) is 8.73. The summed E-state index contributed by atoms with van der Waals surface area (Å²) < 4.78 is 0. The molecule has 4 aliphatic carbocycles. The van der Waals surface area contributed by atoms with E-state index in [4.69, 9.17) is 0 Å². The molecule has 2 N–H and O–H groups in total. The van der Waals surface area contributed by atoms with Gasteiger partial charge in [0, 0.05) is 0 Å². The Morgan fingerprint density at radius 1 is 1.09 bits per heavy atom. The molecule has 0 saturated heterocycles. The van der Waals surface area contributed by atoms with Crippen molar-refractivity contribution in [2.24, 2.45) is 39.4 Å². The summed E-state index contributed by atoms with van der Waals surface area (Å²) >= 11 is 0. The number of rotatable bonds is 5. The minimum Gasteiger partial charge on any atom is -0.481 e. The summed E-state index contributed by atoms with van der Waals surface area (Å²) in [4.78, 5) is 12.4. The molecule has 0 heterocycles. The Morgan fingerprint density at radius 3 is 2.42 bits per heavy atom. The van der Waals surface area contributed by atoms with E-state index in [1.165, 1.54) is 16.7 Å². The Balaban J connectivity index is 1.70. The van der Waals surface area contributed by atoms with Gasteiger partial charge < -0.3 is 10.2 Å². The van der Waals surface area contributed by atoms with Crippen LogP contribution in [-0.2, 0) is 4.79 Å². The molecule has 2 unspecified atom stereocenters. The first-order valence-corrected chi connectivity index (χ1v) is 13.2. The third-order valence-electron chi connectivity index (χ3n) is 11.1. The van der Waals surface area contributed by atoms with Crippen LogP contribution < -0.4 is 0 Å². The lowest BCUT2D eigenvalue weighted by Crippen LogP contribution is -2.54. The molecule has 0 aromatic carbocycles. The summed E-state index contributed by atoms with van der Waals surface area (Å²) in [6.45, 7) is 16.0. The Hall–Kier alpha value is -1.35. The fourth-order valence-electron chi connectivity index (χ4n) is 8.73. The molecule has 0 aliphatic heterocycles. The van der Waals surface area contributed by atoms with Crippen molar-refractivity contribution >= 4 is 5.97 Å². The average molecular weight is 455 g/mol. The van der Waals surface area contributed by atoms with Gasteiger partial charge in [0.05, 0.1) is 12.0 Å². The summed E-state index contributed by atoms with van der Waals surface area (Å²) in [5.41, 5.74) is 4.32. The molecule has 4 aliphatic rings. The highest BCUT2D eigenvalue weighted by Gasteiger charge is 2.63. The zero-order chi connectivity index (χ0) is 24.4. The molecule has 184 valence electrons. The van der Waals surface area contributed by atoms with E-state index in [1.807, 2.05) is 0 Å². The van der Waals surface area contributed by atoms with E-state index >= 15 is 0 Å². The lowest BCUT2D eigenvalue weighted by atomic mass is 9.44. The van der Waals surface area contributed by atoms with Gasteiger partial charge in [-0.25, -0.2) is 0 Å². The summed E-state index contributed by atoms with van der Waals surface area (Å²) in [7, 11) is 0. The molecule has 7 atom stereocenters. The highest BCUT2D eigenvalue weighted by Crippen LogP contribution is 2.71. The van der Waals surface area contributed by atoms with Gasteiger partial charge in [-0.05, 0) is 110 Å². The number of hydrogen-bond acceptors (Lipinski definition) is 2. The monoisotopic (exact) mass is 454 g/mol. The Kier molecular flexibility index (Phi) is 6.08. The van der Waals surface area contributed by atoms with Crippen molar-refractivity contribution in [2.45, 2.75) is 106 Å². The quantitative estimate of drug-likeness (QED) is 0.428. The van der Waals surface area contributed by atoms with Gasteiger partial charge in [0.2, 0.25) is 0 Å². The van der Waals surface area contributed by atoms with Crippen molar-refractivity contribution in [3.8, 4) is 0 Å². The van der Waals surface area contributed by atoms with E-state index in [-0.39, 0.29) is 39.6 Å². The summed E-state index contributed by atoms with van der Waals surface area (Å²) in [6.07, 6.45) is 14.5. The van der Waals surface area contributed by atoms with E-state index in [0.29, 0.717) is 5.92 Å². The first-order chi connectivity index (χ1) is 15.3. The van der Waals surface area contributed by atoms with Crippen molar-refractivity contribution in [3.05, 3.63) is 34.9 Å². The highest BCUT2D eigenvalue weighted by molar-refractivity contribution is 5.71. The Morgan fingerprint density at radius 2 is 1.79 bits per heavy atom. The van der Waals surface area contributed by atoms with Crippen LogP contribution in [-0.4, -0.2) is 22.3 Å². The molecule has 2 saturated carbocycles. The van der Waals surface area contributed by atoms with E-state index in [2.05, 4.69) is 66.7 Å². The largest absolute Gasteiger partial charge is 0.481 e. The SMILES string of the molecule is CC(C)=CCCC(C(=O)O)[C@H]1CC[C@@]2(C)C3=CCC4C(C)(C)[C@@H](O)CC[C@]4(C)C3=CC[C@]12C. The Labute approximate surface area is 201 Å². The second-order valence-electron chi connectivity index (χ2n) is 13.2. The normalized spacial score (nSPS) is 42.2. The number of aliphatic carboxylic acids is 1. The number of aliphatic hydroxyl groups is 1. The maximum atomic E-state index is 12.4. The molecule has 0 bridgehead atoms. The van der Waals surface area contributed by atoms with Crippen LogP contribution in [0.1, 0.15) is 99.8 Å². The lowest BCUT2D eigenvalue weighted by molar-refractivity contribution is -0.146. The number of hydrogen-bond donors (Lipinski definition) is 2. The van der Waals surface area contributed by atoms with Crippen LogP contribution in [0.4, 0.5) is 0 Å². The van der Waals surface area contributed by atoms with Gasteiger partial charge in [-0.2, -0.15) is 0 Å². The van der Waals surface area contributed by atoms with Crippen LogP contribution in [0.15, 0.2) is 34.9 Å². The first-order valence-electron chi connectivity index (χ1n) is 13.2. The van der Waals surface area contributed by atoms with Crippen LogP contribution >= 0.6 is 0 Å². The number of allylic oxidation sites excluding steroid dienone is 6. The molecule has 0 amide bonds. The van der Waals surface area contributed by atoms with Gasteiger partial charge in [0.1, 0.15) is 0 Å². The molecule has 3 heteroatoms. The molecule has 4 rings (SSSR count). The average Bonchev–Trinajstić information content (AvgIpc) is 3.00. The third-order valence-corrected chi connectivity index (χ3v) is 11.1. The summed E-state index contributed by atoms with van der Waals surface area (Å²) in [5.74, 6) is -0.238. The van der Waals surface area contributed by atoms with Crippen molar-refractivity contribution < 1.29 is 15.0 Å². The fraction of sp³-hybridized carbons (Fsp3) is 0.767. The second kappa shape index (κ2) is 8.11. The van der Waals surface area contributed by atoms with Crippen LogP contribution in [0.3, 0.4) is 0 Å². The molecule has 3 nitrogen and oxygen atoms in total. The van der Waals surface area contributed by atoms with Gasteiger partial charge in [0.15, 0.2) is 0 Å². The molecular weight excluding hydrogens is 408 g/mol. The molecule has 0 radical (unpaired) electrons. The number of aliphatic hydroxyl groups excluding tert-OH is 1. The summed E-state index contributed by atoms with van der Waals surface area (Å²) in [6, 6.07) is 0. The van der Waals surface area contributed by atoms with Crippen LogP contribution in [0.25, 0.3) is 0 Å². The van der Waals surface area contributed by atoms with Crippen molar-refractivity contribution in [1.82, 2.24) is 0 Å². The predicted octanol–water partition coefficient (Wildman–Crippen LogP) is 7.32. The molecule has 0 aromatic heterocycles. The van der Waals surface area contributed by atoms with E-state index in [0.717, 1.165) is 51.4 Å². The molecule has 0 aromatic rings. The molecule has 2 fully saturated rings. The van der Waals surface area contributed by atoms with Gasteiger partial charge >= 0.3 is 5.97 Å². The second-order valence-corrected chi connectivity index (χ2v) is 13.2. The highest BCUT2D eigenvalue weighted by atomic mass is 16.4. The van der Waals surface area contributed by atoms with Gasteiger partial charge in [-0.1, -0.05) is 58.4 Å². The van der Waals surface area contributed by atoms with Gasteiger partial charge in [-0.3, -0.25) is 4.79 Å². The summed E-state index contributed by atoms with van der Waals surface area (Å²) in [5, 5.41) is 21.0.